The minimum atomic E-state index is -3.64. The number of phenols is 2. The van der Waals surface area contributed by atoms with E-state index in [0.717, 1.165) is 19.3 Å². The van der Waals surface area contributed by atoms with Gasteiger partial charge >= 0.3 is 0 Å². The van der Waals surface area contributed by atoms with Crippen LogP contribution in [0, 0.1) is 31.6 Å². The van der Waals surface area contributed by atoms with Gasteiger partial charge in [0.15, 0.2) is 0 Å². The summed E-state index contributed by atoms with van der Waals surface area (Å²) >= 11 is 0. The molecule has 5 heteroatoms. The lowest BCUT2D eigenvalue weighted by Gasteiger charge is -2.39. The molecular formula is C24H33O4P. The van der Waals surface area contributed by atoms with Crippen molar-refractivity contribution in [2.75, 3.05) is 0 Å². The highest BCUT2D eigenvalue weighted by Crippen LogP contribution is 2.53. The van der Waals surface area contributed by atoms with E-state index < -0.39 is 7.37 Å². The van der Waals surface area contributed by atoms with Crippen molar-refractivity contribution in [3.8, 4) is 11.5 Å². The maximum atomic E-state index is 14.6. The zero-order valence-electron chi connectivity index (χ0n) is 18.1. The van der Waals surface area contributed by atoms with E-state index in [2.05, 4.69) is 20.8 Å². The van der Waals surface area contributed by atoms with E-state index in [1.165, 1.54) is 6.07 Å². The van der Waals surface area contributed by atoms with E-state index in [-0.39, 0.29) is 22.9 Å². The number of aromatic hydroxyl groups is 2. The average Bonchev–Trinajstić information content (AvgIpc) is 2.67. The highest BCUT2D eigenvalue weighted by Gasteiger charge is 2.41. The van der Waals surface area contributed by atoms with Crippen LogP contribution in [-0.4, -0.2) is 16.3 Å². The summed E-state index contributed by atoms with van der Waals surface area (Å²) in [5.41, 5.74) is 0.894. The largest absolute Gasteiger partial charge is 0.508 e. The monoisotopic (exact) mass is 416 g/mol. The van der Waals surface area contributed by atoms with Gasteiger partial charge < -0.3 is 14.7 Å². The Morgan fingerprint density at radius 3 is 2.38 bits per heavy atom. The van der Waals surface area contributed by atoms with Crippen molar-refractivity contribution in [1.82, 2.24) is 0 Å². The van der Waals surface area contributed by atoms with Gasteiger partial charge in [-0.25, -0.2) is 0 Å². The van der Waals surface area contributed by atoms with Crippen molar-refractivity contribution < 1.29 is 19.3 Å². The SMILES string of the molecule is Cc1cc(O)c(C)c(P(=O)(O[C@@H]2C[C@H](C)CC[C@H]2C(C)C)c2ccccc2)c1O. The molecule has 4 atom stereocenters. The van der Waals surface area contributed by atoms with E-state index in [1.54, 1.807) is 26.0 Å². The number of hydrogen-bond donors (Lipinski definition) is 2. The van der Waals surface area contributed by atoms with Gasteiger partial charge in [-0.1, -0.05) is 45.4 Å². The summed E-state index contributed by atoms with van der Waals surface area (Å²) < 4.78 is 21.2. The molecule has 0 amide bonds. The fraction of sp³-hybridized carbons (Fsp3) is 0.500. The molecule has 3 rings (SSSR count). The van der Waals surface area contributed by atoms with E-state index in [4.69, 9.17) is 4.52 Å². The number of aryl methyl sites for hydroxylation is 1. The Morgan fingerprint density at radius 1 is 1.10 bits per heavy atom. The van der Waals surface area contributed by atoms with Crippen LogP contribution in [0.25, 0.3) is 0 Å². The minimum absolute atomic E-state index is 0.0208. The van der Waals surface area contributed by atoms with E-state index in [9.17, 15) is 14.8 Å². The summed E-state index contributed by atoms with van der Waals surface area (Å²) in [7, 11) is -3.64. The Bertz CT molecular complexity index is 881. The topological polar surface area (TPSA) is 66.8 Å². The molecule has 1 unspecified atom stereocenters. The zero-order valence-corrected chi connectivity index (χ0v) is 18.9. The first-order chi connectivity index (χ1) is 13.6. The highest BCUT2D eigenvalue weighted by atomic mass is 31.2. The van der Waals surface area contributed by atoms with Gasteiger partial charge in [0, 0.05) is 10.9 Å². The van der Waals surface area contributed by atoms with E-state index in [1.807, 2.05) is 18.2 Å². The van der Waals surface area contributed by atoms with Gasteiger partial charge in [0.2, 0.25) is 0 Å². The van der Waals surface area contributed by atoms with Crippen molar-refractivity contribution in [2.24, 2.45) is 17.8 Å². The molecule has 1 aliphatic carbocycles. The van der Waals surface area contributed by atoms with Crippen molar-refractivity contribution in [1.29, 1.82) is 0 Å². The van der Waals surface area contributed by atoms with Crippen molar-refractivity contribution in [3.63, 3.8) is 0 Å². The minimum Gasteiger partial charge on any atom is -0.508 e. The molecule has 0 aromatic heterocycles. The Balaban J connectivity index is 2.18. The lowest BCUT2D eigenvalue weighted by atomic mass is 9.75. The summed E-state index contributed by atoms with van der Waals surface area (Å²) in [4.78, 5) is 0. The van der Waals surface area contributed by atoms with Gasteiger partial charge in [0.25, 0.3) is 7.37 Å². The Kier molecular flexibility index (Phi) is 6.45. The van der Waals surface area contributed by atoms with Crippen LogP contribution < -0.4 is 10.6 Å². The van der Waals surface area contributed by atoms with Crippen LogP contribution in [0.4, 0.5) is 0 Å². The molecule has 0 heterocycles. The smallest absolute Gasteiger partial charge is 0.265 e. The van der Waals surface area contributed by atoms with Crippen LogP contribution in [0.15, 0.2) is 36.4 Å². The standard InChI is InChI=1S/C24H33O4P/c1-15(2)20-12-11-16(3)13-22(20)28-29(27,19-9-7-6-8-10-19)24-18(5)21(25)14-17(4)23(24)26/h6-10,14-16,20,22,25-26H,11-13H2,1-5H3/t16-,20+,22-,29?/m1/s1. The molecule has 2 aromatic carbocycles. The molecule has 2 N–H and O–H groups in total. The van der Waals surface area contributed by atoms with Crippen LogP contribution in [0.5, 0.6) is 11.5 Å². The molecule has 0 saturated heterocycles. The molecule has 1 aliphatic rings. The summed E-state index contributed by atoms with van der Waals surface area (Å²) in [5.74, 6) is 1.19. The normalized spacial score (nSPS) is 24.4. The summed E-state index contributed by atoms with van der Waals surface area (Å²) in [6.45, 7) is 9.97. The van der Waals surface area contributed by atoms with E-state index >= 15 is 0 Å². The molecule has 1 fully saturated rings. The molecule has 2 aromatic rings. The number of hydrogen-bond acceptors (Lipinski definition) is 4. The second-order valence-electron chi connectivity index (χ2n) is 8.89. The van der Waals surface area contributed by atoms with E-state index in [0.29, 0.717) is 34.2 Å². The number of benzene rings is 2. The third-order valence-electron chi connectivity index (χ3n) is 6.33. The lowest BCUT2D eigenvalue weighted by Crippen LogP contribution is -2.36. The molecule has 0 spiro atoms. The Labute approximate surface area is 174 Å². The maximum Gasteiger partial charge on any atom is 0.265 e. The Hall–Kier alpha value is -1.77. The second kappa shape index (κ2) is 8.53. The van der Waals surface area contributed by atoms with Crippen molar-refractivity contribution in [3.05, 3.63) is 47.5 Å². The molecule has 29 heavy (non-hydrogen) atoms. The highest BCUT2D eigenvalue weighted by molar-refractivity contribution is 7.74. The molecule has 4 nitrogen and oxygen atoms in total. The van der Waals surface area contributed by atoms with Gasteiger partial charge in [-0.2, -0.15) is 0 Å². The fourth-order valence-electron chi connectivity index (χ4n) is 4.52. The van der Waals surface area contributed by atoms with Crippen LogP contribution >= 0.6 is 7.37 Å². The molecule has 0 aliphatic heterocycles. The summed E-state index contributed by atoms with van der Waals surface area (Å²) in [5, 5.41) is 22.1. The van der Waals surface area contributed by atoms with Gasteiger partial charge in [-0.15, -0.1) is 0 Å². The van der Waals surface area contributed by atoms with Crippen molar-refractivity contribution >= 4 is 18.0 Å². The summed E-state index contributed by atoms with van der Waals surface area (Å²) in [6.07, 6.45) is 2.87. The molecule has 1 saturated carbocycles. The van der Waals surface area contributed by atoms with Gasteiger partial charge in [-0.3, -0.25) is 4.57 Å². The number of phenolic OH excluding ortho intramolecular Hbond substituents is 2. The molecule has 0 bridgehead atoms. The number of rotatable bonds is 5. The van der Waals surface area contributed by atoms with Gasteiger partial charge in [0.05, 0.1) is 11.4 Å². The van der Waals surface area contributed by atoms with Gasteiger partial charge in [0.1, 0.15) is 11.5 Å². The first-order valence-electron chi connectivity index (χ1n) is 10.5. The third kappa shape index (κ3) is 4.25. The first kappa shape index (κ1) is 21.9. The summed E-state index contributed by atoms with van der Waals surface area (Å²) in [6, 6.07) is 10.6. The Morgan fingerprint density at radius 2 is 1.76 bits per heavy atom. The molecule has 158 valence electrons. The lowest BCUT2D eigenvalue weighted by molar-refractivity contribution is 0.0513. The van der Waals surface area contributed by atoms with Crippen LogP contribution in [0.1, 0.15) is 51.2 Å². The molecule has 0 radical (unpaired) electrons. The average molecular weight is 416 g/mol. The predicted octanol–water partition coefficient (Wildman–Crippen LogP) is 5.42. The first-order valence-corrected chi connectivity index (χ1v) is 12.1. The predicted molar refractivity (Wildman–Crippen MR) is 119 cm³/mol. The van der Waals surface area contributed by atoms with Crippen LogP contribution in [0.2, 0.25) is 0 Å². The fourth-order valence-corrected chi connectivity index (χ4v) is 7.21. The van der Waals surface area contributed by atoms with Gasteiger partial charge in [-0.05, 0) is 68.2 Å². The van der Waals surface area contributed by atoms with Crippen molar-refractivity contribution in [2.45, 2.75) is 60.0 Å². The zero-order chi connectivity index (χ0) is 21.3. The maximum absolute atomic E-state index is 14.6. The van der Waals surface area contributed by atoms with Crippen LogP contribution in [-0.2, 0) is 9.09 Å². The second-order valence-corrected chi connectivity index (χ2v) is 11.2. The molecular weight excluding hydrogens is 383 g/mol. The van der Waals surface area contributed by atoms with Crippen LogP contribution in [0.3, 0.4) is 0 Å². The quantitative estimate of drug-likeness (QED) is 0.504. The third-order valence-corrected chi connectivity index (χ3v) is 9.01.